The molecule has 0 radical (unpaired) electrons. The Kier molecular flexibility index (Phi) is 4.22. The zero-order valence-electron chi connectivity index (χ0n) is 11.2. The number of nitrogens with zero attached hydrogens (tertiary/aromatic N) is 1. The van der Waals surface area contributed by atoms with Gasteiger partial charge in [-0.15, -0.1) is 0 Å². The third-order valence-electron chi connectivity index (χ3n) is 2.66. The summed E-state index contributed by atoms with van der Waals surface area (Å²) in [6.45, 7) is 3.20. The van der Waals surface area contributed by atoms with E-state index < -0.39 is 26.8 Å². The van der Waals surface area contributed by atoms with Gasteiger partial charge < -0.3 is 10.2 Å². The third-order valence-corrected chi connectivity index (χ3v) is 4.42. The van der Waals surface area contributed by atoms with Gasteiger partial charge >= 0.3 is 0 Å². The summed E-state index contributed by atoms with van der Waals surface area (Å²) in [7, 11) is -4.16. The first-order valence-corrected chi connectivity index (χ1v) is 7.76. The van der Waals surface area contributed by atoms with E-state index >= 15 is 0 Å². The average molecular weight is 334 g/mol. The topological polar surface area (TPSA) is 98.2 Å². The van der Waals surface area contributed by atoms with Gasteiger partial charge in [-0.3, -0.25) is 0 Å². The molecule has 0 saturated heterocycles. The van der Waals surface area contributed by atoms with Crippen LogP contribution in [-0.4, -0.2) is 13.4 Å². The van der Waals surface area contributed by atoms with Crippen molar-refractivity contribution >= 4 is 27.3 Å². The number of nitrogens with two attached hydrogens (primary N) is 1. The van der Waals surface area contributed by atoms with Gasteiger partial charge in [0, 0.05) is 5.02 Å². The number of sulfonamides is 1. The van der Waals surface area contributed by atoms with E-state index in [0.29, 0.717) is 5.76 Å². The Morgan fingerprint density at radius 2 is 2.14 bits per heavy atom. The van der Waals surface area contributed by atoms with Crippen LogP contribution in [0.15, 0.2) is 27.6 Å². The van der Waals surface area contributed by atoms with Crippen molar-refractivity contribution < 1.29 is 17.2 Å². The molecular formula is C12H13ClFN3O3S. The molecule has 114 valence electrons. The van der Waals surface area contributed by atoms with Crippen molar-refractivity contribution in [3.05, 3.63) is 40.8 Å². The maximum atomic E-state index is 13.9. The quantitative estimate of drug-likeness (QED) is 0.837. The van der Waals surface area contributed by atoms with Crippen LogP contribution in [0.5, 0.6) is 0 Å². The molecular weight excluding hydrogens is 321 g/mol. The summed E-state index contributed by atoms with van der Waals surface area (Å²) in [6.07, 6.45) is 1.46. The van der Waals surface area contributed by atoms with Gasteiger partial charge in [0.2, 0.25) is 15.9 Å². The number of hydrogen-bond donors (Lipinski definition) is 2. The van der Waals surface area contributed by atoms with E-state index in [1.807, 2.05) is 0 Å². The summed E-state index contributed by atoms with van der Waals surface area (Å²) in [6, 6.07) is 1.35. The smallest absolute Gasteiger partial charge is 0.244 e. The lowest BCUT2D eigenvalue weighted by Crippen LogP contribution is -2.28. The molecule has 2 aromatic rings. The molecule has 0 spiro atoms. The summed E-state index contributed by atoms with van der Waals surface area (Å²) in [5.74, 6) is -0.344. The molecule has 3 N–H and O–H groups in total. The van der Waals surface area contributed by atoms with E-state index in [1.165, 1.54) is 13.1 Å². The molecule has 0 aliphatic heterocycles. The summed E-state index contributed by atoms with van der Waals surface area (Å²) < 4.78 is 45.8. The molecule has 6 nitrogen and oxygen atoms in total. The average Bonchev–Trinajstić information content (AvgIpc) is 2.80. The molecule has 1 heterocycles. The second kappa shape index (κ2) is 5.63. The number of oxazole rings is 1. The Morgan fingerprint density at radius 3 is 2.71 bits per heavy atom. The van der Waals surface area contributed by atoms with Crippen molar-refractivity contribution in [1.29, 1.82) is 0 Å². The van der Waals surface area contributed by atoms with E-state index in [4.69, 9.17) is 21.8 Å². The second-order valence-corrected chi connectivity index (χ2v) is 6.58. The fraction of sp³-hybridized carbons (Fsp3) is 0.250. The van der Waals surface area contributed by atoms with Gasteiger partial charge in [0.1, 0.15) is 10.7 Å². The molecule has 0 aliphatic carbocycles. The summed E-state index contributed by atoms with van der Waals surface area (Å²) in [4.78, 5) is 3.29. The Hall–Kier alpha value is -1.64. The van der Waals surface area contributed by atoms with Crippen LogP contribution in [0.1, 0.15) is 24.6 Å². The largest absolute Gasteiger partial charge is 0.444 e. The molecule has 0 saturated carbocycles. The van der Waals surface area contributed by atoms with E-state index in [-0.39, 0.29) is 16.6 Å². The predicted octanol–water partition coefficient (Wildman–Crippen LogP) is 2.40. The van der Waals surface area contributed by atoms with Crippen LogP contribution in [0.4, 0.5) is 10.1 Å². The fourth-order valence-electron chi connectivity index (χ4n) is 1.70. The number of halogens is 2. The van der Waals surface area contributed by atoms with Gasteiger partial charge in [0.25, 0.3) is 0 Å². The van der Waals surface area contributed by atoms with Gasteiger partial charge in [0.05, 0.1) is 17.9 Å². The Balaban J connectivity index is 2.35. The maximum Gasteiger partial charge on any atom is 0.244 e. The number of aromatic nitrogens is 1. The lowest BCUT2D eigenvalue weighted by Gasteiger charge is -2.13. The zero-order valence-corrected chi connectivity index (χ0v) is 12.8. The van der Waals surface area contributed by atoms with Crippen LogP contribution in [0.2, 0.25) is 5.02 Å². The van der Waals surface area contributed by atoms with Crippen molar-refractivity contribution in [2.75, 3.05) is 5.73 Å². The highest BCUT2D eigenvalue weighted by molar-refractivity contribution is 7.89. The van der Waals surface area contributed by atoms with Crippen LogP contribution in [-0.2, 0) is 10.0 Å². The standard InChI is InChI=1S/C12H13ClFN3O3S/c1-6-5-16-12(20-6)7(2)17-21(18,19)10-4-8(13)3-9(15)11(10)14/h3-5,7,17H,15H2,1-2H3. The summed E-state index contributed by atoms with van der Waals surface area (Å²) >= 11 is 5.72. The number of hydrogen-bond acceptors (Lipinski definition) is 5. The molecule has 0 aliphatic rings. The molecule has 21 heavy (non-hydrogen) atoms. The van der Waals surface area contributed by atoms with Crippen molar-refractivity contribution in [2.45, 2.75) is 24.8 Å². The van der Waals surface area contributed by atoms with Gasteiger partial charge in [-0.25, -0.2) is 17.8 Å². The lowest BCUT2D eigenvalue weighted by molar-refractivity contribution is 0.427. The highest BCUT2D eigenvalue weighted by atomic mass is 35.5. The molecule has 0 fully saturated rings. The van der Waals surface area contributed by atoms with Crippen LogP contribution in [0.25, 0.3) is 0 Å². The normalized spacial score (nSPS) is 13.3. The molecule has 1 unspecified atom stereocenters. The Morgan fingerprint density at radius 1 is 1.48 bits per heavy atom. The molecule has 0 bridgehead atoms. The lowest BCUT2D eigenvalue weighted by atomic mass is 10.3. The molecule has 1 atom stereocenters. The van der Waals surface area contributed by atoms with Gasteiger partial charge in [-0.1, -0.05) is 11.6 Å². The first-order valence-electron chi connectivity index (χ1n) is 5.90. The Labute approximate surface area is 126 Å². The zero-order chi connectivity index (χ0) is 15.8. The monoisotopic (exact) mass is 333 g/mol. The number of nitrogens with one attached hydrogen (secondary N) is 1. The number of aryl methyl sites for hydroxylation is 1. The van der Waals surface area contributed by atoms with E-state index in [1.54, 1.807) is 6.92 Å². The number of nitrogen functional groups attached to an aromatic ring is 1. The van der Waals surface area contributed by atoms with Gasteiger partial charge in [-0.05, 0) is 26.0 Å². The predicted molar refractivity (Wildman–Crippen MR) is 75.8 cm³/mol. The Bertz CT molecular complexity index is 776. The first kappa shape index (κ1) is 15.7. The molecule has 2 rings (SSSR count). The van der Waals surface area contributed by atoms with Gasteiger partial charge in [-0.2, -0.15) is 4.72 Å². The fourth-order valence-corrected chi connectivity index (χ4v) is 3.32. The maximum absolute atomic E-state index is 13.9. The SMILES string of the molecule is Cc1cnc(C(C)NS(=O)(=O)c2cc(Cl)cc(N)c2F)o1. The number of rotatable bonds is 4. The number of benzene rings is 1. The minimum Gasteiger partial charge on any atom is -0.444 e. The van der Waals surface area contributed by atoms with Crippen molar-refractivity contribution in [3.8, 4) is 0 Å². The minimum atomic E-state index is -4.16. The van der Waals surface area contributed by atoms with E-state index in [2.05, 4.69) is 9.71 Å². The number of anilines is 1. The minimum absolute atomic E-state index is 0.0221. The van der Waals surface area contributed by atoms with Crippen LogP contribution >= 0.6 is 11.6 Å². The highest BCUT2D eigenvalue weighted by Crippen LogP contribution is 2.26. The van der Waals surface area contributed by atoms with E-state index in [0.717, 1.165) is 12.1 Å². The van der Waals surface area contributed by atoms with Crippen molar-refractivity contribution in [2.24, 2.45) is 0 Å². The first-order chi connectivity index (χ1) is 9.70. The second-order valence-electron chi connectivity index (χ2n) is 4.46. The molecule has 1 aromatic heterocycles. The van der Waals surface area contributed by atoms with Crippen molar-refractivity contribution in [3.63, 3.8) is 0 Å². The molecule has 1 aromatic carbocycles. The van der Waals surface area contributed by atoms with E-state index in [9.17, 15) is 12.8 Å². The third kappa shape index (κ3) is 3.34. The summed E-state index contributed by atoms with van der Waals surface area (Å²) in [5, 5.41) is 0.0221. The van der Waals surface area contributed by atoms with Crippen LogP contribution in [0, 0.1) is 12.7 Å². The van der Waals surface area contributed by atoms with Crippen LogP contribution in [0.3, 0.4) is 0 Å². The summed E-state index contributed by atoms with van der Waals surface area (Å²) in [5.41, 5.74) is 5.04. The molecule has 9 heteroatoms. The van der Waals surface area contributed by atoms with Gasteiger partial charge in [0.15, 0.2) is 5.82 Å². The molecule has 0 amide bonds. The van der Waals surface area contributed by atoms with Crippen molar-refractivity contribution in [1.82, 2.24) is 9.71 Å². The highest BCUT2D eigenvalue weighted by Gasteiger charge is 2.25. The van der Waals surface area contributed by atoms with Crippen LogP contribution < -0.4 is 10.5 Å².